The van der Waals surface area contributed by atoms with Gasteiger partial charge in [-0.1, -0.05) is 32.4 Å². The van der Waals surface area contributed by atoms with Crippen LogP contribution in [-0.2, 0) is 11.2 Å². The Kier molecular flexibility index (Phi) is 6.91. The molecule has 1 aromatic heterocycles. The van der Waals surface area contributed by atoms with Gasteiger partial charge in [-0.15, -0.1) is 11.3 Å². The van der Waals surface area contributed by atoms with E-state index in [-0.39, 0.29) is 11.9 Å². The van der Waals surface area contributed by atoms with Crippen molar-refractivity contribution in [2.75, 3.05) is 26.2 Å². The molecule has 0 fully saturated rings. The second kappa shape index (κ2) is 9.38. The number of hydrogen-bond acceptors (Lipinski definition) is 4. The monoisotopic (exact) mass is 386 g/mol. The van der Waals surface area contributed by atoms with E-state index in [1.807, 2.05) is 23.1 Å². The summed E-state index contributed by atoms with van der Waals surface area (Å²) >= 11 is 1.78. The predicted molar refractivity (Wildman–Crippen MR) is 111 cm³/mol. The number of carbonyl (C=O) groups is 1. The summed E-state index contributed by atoms with van der Waals surface area (Å²) in [6, 6.07) is 10.2. The first-order valence-electron chi connectivity index (χ1n) is 9.84. The van der Waals surface area contributed by atoms with Gasteiger partial charge in [-0.2, -0.15) is 0 Å². The average molecular weight is 387 g/mol. The van der Waals surface area contributed by atoms with Crippen LogP contribution in [0.1, 0.15) is 42.3 Å². The third-order valence-electron chi connectivity index (χ3n) is 5.28. The third-order valence-corrected chi connectivity index (χ3v) is 6.28. The molecular weight excluding hydrogens is 356 g/mol. The van der Waals surface area contributed by atoms with E-state index in [1.165, 1.54) is 16.0 Å². The SMILES string of the molecule is CC[C@@H](C)CNCC(=O)N1CCc2sccc2[C@@H]1COc1cccc(C)c1. The molecule has 0 unspecified atom stereocenters. The van der Waals surface area contributed by atoms with E-state index in [2.05, 4.69) is 43.6 Å². The van der Waals surface area contributed by atoms with Crippen molar-refractivity contribution in [3.8, 4) is 5.75 Å². The Morgan fingerprint density at radius 3 is 3.04 bits per heavy atom. The summed E-state index contributed by atoms with van der Waals surface area (Å²) in [7, 11) is 0. The fourth-order valence-electron chi connectivity index (χ4n) is 3.43. The van der Waals surface area contributed by atoms with Crippen molar-refractivity contribution >= 4 is 17.2 Å². The molecule has 0 spiro atoms. The lowest BCUT2D eigenvalue weighted by atomic mass is 10.0. The minimum atomic E-state index is -0.0154. The number of ether oxygens (including phenoxy) is 1. The highest BCUT2D eigenvalue weighted by molar-refractivity contribution is 7.10. The van der Waals surface area contributed by atoms with Gasteiger partial charge in [0.1, 0.15) is 12.4 Å². The van der Waals surface area contributed by atoms with Gasteiger partial charge in [-0.25, -0.2) is 0 Å². The number of carbonyl (C=O) groups excluding carboxylic acids is 1. The van der Waals surface area contributed by atoms with Crippen molar-refractivity contribution in [2.24, 2.45) is 5.92 Å². The Labute approximate surface area is 166 Å². The van der Waals surface area contributed by atoms with E-state index >= 15 is 0 Å². The molecule has 5 heteroatoms. The van der Waals surface area contributed by atoms with E-state index in [0.29, 0.717) is 19.1 Å². The van der Waals surface area contributed by atoms with Crippen LogP contribution in [0.4, 0.5) is 0 Å². The smallest absolute Gasteiger partial charge is 0.237 e. The minimum Gasteiger partial charge on any atom is -0.491 e. The second-order valence-electron chi connectivity index (χ2n) is 7.42. The molecule has 1 aliphatic heterocycles. The molecule has 2 heterocycles. The van der Waals surface area contributed by atoms with Crippen molar-refractivity contribution in [2.45, 2.75) is 39.7 Å². The van der Waals surface area contributed by atoms with Gasteiger partial charge < -0.3 is 15.0 Å². The summed E-state index contributed by atoms with van der Waals surface area (Å²) in [6.07, 6.45) is 2.06. The molecule has 146 valence electrons. The van der Waals surface area contributed by atoms with Crippen molar-refractivity contribution in [3.63, 3.8) is 0 Å². The van der Waals surface area contributed by atoms with Crippen molar-refractivity contribution < 1.29 is 9.53 Å². The lowest BCUT2D eigenvalue weighted by Crippen LogP contribution is -2.46. The Morgan fingerprint density at radius 2 is 2.26 bits per heavy atom. The summed E-state index contributed by atoms with van der Waals surface area (Å²) in [6.45, 7) is 8.96. The summed E-state index contributed by atoms with van der Waals surface area (Å²) < 4.78 is 6.08. The standard InChI is InChI=1S/C22H30N2O2S/c1-4-16(2)13-23-14-22(25)24-10-8-21-19(9-11-27-21)20(24)15-26-18-7-5-6-17(3)12-18/h5-7,9,11-12,16,20,23H,4,8,10,13-15H2,1-3H3/t16-,20+/m1/s1. The van der Waals surface area contributed by atoms with Gasteiger partial charge in [0.2, 0.25) is 5.91 Å². The van der Waals surface area contributed by atoms with E-state index in [9.17, 15) is 4.79 Å². The lowest BCUT2D eigenvalue weighted by Gasteiger charge is -2.36. The molecule has 27 heavy (non-hydrogen) atoms. The maximum absolute atomic E-state index is 12.9. The van der Waals surface area contributed by atoms with Crippen LogP contribution in [0.2, 0.25) is 0 Å². The van der Waals surface area contributed by atoms with Crippen LogP contribution in [0.3, 0.4) is 0 Å². The number of amides is 1. The highest BCUT2D eigenvalue weighted by Gasteiger charge is 2.31. The first-order valence-corrected chi connectivity index (χ1v) is 10.7. The van der Waals surface area contributed by atoms with Crippen molar-refractivity contribution in [1.29, 1.82) is 0 Å². The zero-order valence-electron chi connectivity index (χ0n) is 16.5. The zero-order valence-corrected chi connectivity index (χ0v) is 17.3. The number of hydrogen-bond donors (Lipinski definition) is 1. The van der Waals surface area contributed by atoms with Crippen LogP contribution >= 0.6 is 11.3 Å². The van der Waals surface area contributed by atoms with Gasteiger partial charge in [0.05, 0.1) is 12.6 Å². The number of fused-ring (bicyclic) bond motifs is 1. The van der Waals surface area contributed by atoms with Crippen LogP contribution < -0.4 is 10.1 Å². The Morgan fingerprint density at radius 1 is 1.41 bits per heavy atom. The average Bonchev–Trinajstić information content (AvgIpc) is 3.14. The fraction of sp³-hybridized carbons (Fsp3) is 0.500. The largest absolute Gasteiger partial charge is 0.491 e. The second-order valence-corrected chi connectivity index (χ2v) is 8.42. The Balaban J connectivity index is 1.67. The summed E-state index contributed by atoms with van der Waals surface area (Å²) in [4.78, 5) is 16.3. The molecule has 1 N–H and O–H groups in total. The van der Waals surface area contributed by atoms with E-state index in [4.69, 9.17) is 4.74 Å². The quantitative estimate of drug-likeness (QED) is 0.739. The molecule has 2 atom stereocenters. The number of benzene rings is 1. The summed E-state index contributed by atoms with van der Waals surface area (Å²) in [5, 5.41) is 5.45. The van der Waals surface area contributed by atoms with Gasteiger partial charge in [0, 0.05) is 11.4 Å². The van der Waals surface area contributed by atoms with E-state index in [0.717, 1.165) is 31.7 Å². The zero-order chi connectivity index (χ0) is 19.2. The maximum atomic E-state index is 12.9. The topological polar surface area (TPSA) is 41.6 Å². The van der Waals surface area contributed by atoms with Crippen LogP contribution in [-0.4, -0.2) is 37.0 Å². The molecule has 0 radical (unpaired) electrons. The molecule has 1 amide bonds. The normalized spacial score (nSPS) is 17.4. The molecule has 0 bridgehead atoms. The van der Waals surface area contributed by atoms with Gasteiger partial charge in [-0.05, 0) is 60.5 Å². The molecule has 2 aromatic rings. The number of aryl methyl sites for hydroxylation is 1. The summed E-state index contributed by atoms with van der Waals surface area (Å²) in [5.74, 6) is 1.61. The number of thiophene rings is 1. The summed E-state index contributed by atoms with van der Waals surface area (Å²) in [5.41, 5.74) is 2.42. The predicted octanol–water partition coefficient (Wildman–Crippen LogP) is 4.20. The van der Waals surface area contributed by atoms with E-state index < -0.39 is 0 Å². The molecule has 0 aliphatic carbocycles. The van der Waals surface area contributed by atoms with Gasteiger partial charge >= 0.3 is 0 Å². The highest BCUT2D eigenvalue weighted by atomic mass is 32.1. The third kappa shape index (κ3) is 5.11. The molecule has 3 rings (SSSR count). The number of nitrogens with zero attached hydrogens (tertiary/aromatic N) is 1. The molecular formula is C22H30N2O2S. The minimum absolute atomic E-state index is 0.0154. The van der Waals surface area contributed by atoms with Crippen molar-refractivity contribution in [1.82, 2.24) is 10.2 Å². The number of nitrogens with one attached hydrogen (secondary N) is 1. The number of rotatable bonds is 8. The molecule has 0 saturated carbocycles. The lowest BCUT2D eigenvalue weighted by molar-refractivity contribution is -0.133. The highest BCUT2D eigenvalue weighted by Crippen LogP contribution is 2.33. The Hall–Kier alpha value is -1.85. The van der Waals surface area contributed by atoms with Gasteiger partial charge in [0.25, 0.3) is 0 Å². The molecule has 0 saturated heterocycles. The first kappa shape index (κ1) is 19.9. The first-order chi connectivity index (χ1) is 13.1. The van der Waals surface area contributed by atoms with Crippen LogP contribution in [0.5, 0.6) is 5.75 Å². The molecule has 1 aliphatic rings. The van der Waals surface area contributed by atoms with Crippen LogP contribution in [0.25, 0.3) is 0 Å². The van der Waals surface area contributed by atoms with E-state index in [1.54, 1.807) is 11.3 Å². The Bertz CT molecular complexity index is 758. The van der Waals surface area contributed by atoms with Gasteiger partial charge in [0.15, 0.2) is 0 Å². The van der Waals surface area contributed by atoms with Crippen LogP contribution in [0, 0.1) is 12.8 Å². The molecule has 1 aromatic carbocycles. The van der Waals surface area contributed by atoms with Crippen LogP contribution in [0.15, 0.2) is 35.7 Å². The fourth-order valence-corrected chi connectivity index (χ4v) is 4.35. The van der Waals surface area contributed by atoms with Gasteiger partial charge in [-0.3, -0.25) is 4.79 Å². The maximum Gasteiger partial charge on any atom is 0.237 e. The van der Waals surface area contributed by atoms with Crippen molar-refractivity contribution in [3.05, 3.63) is 51.7 Å². The molecule has 4 nitrogen and oxygen atoms in total.